The van der Waals surface area contributed by atoms with Gasteiger partial charge in [-0.15, -0.1) is 0 Å². The molecule has 0 aromatic rings. The maximum atomic E-state index is 12.4. The normalized spacial score (nSPS) is 24.4. The first-order valence-electron chi connectivity index (χ1n) is 7.04. The number of carbonyl (C=O) groups is 1. The van der Waals surface area contributed by atoms with E-state index in [4.69, 9.17) is 0 Å². The Bertz CT molecular complexity index is 278. The molecule has 1 N–H and O–H groups in total. The minimum absolute atomic E-state index is 0.0301. The van der Waals surface area contributed by atoms with Crippen LogP contribution < -0.4 is 5.32 Å². The zero-order valence-corrected chi connectivity index (χ0v) is 12.6. The Balaban J connectivity index is 2.69. The van der Waals surface area contributed by atoms with Crippen LogP contribution in [0.3, 0.4) is 0 Å². The lowest BCUT2D eigenvalue weighted by molar-refractivity contribution is -0.134. The van der Waals surface area contributed by atoms with Crippen molar-refractivity contribution >= 4 is 5.91 Å². The average molecular weight is 255 g/mol. The van der Waals surface area contributed by atoms with Crippen molar-refractivity contribution in [3.05, 3.63) is 0 Å². The molecule has 4 heteroatoms. The number of nitrogens with zero attached hydrogens (tertiary/aromatic N) is 2. The molecule has 1 heterocycles. The third-order valence-electron chi connectivity index (χ3n) is 3.79. The first-order valence-corrected chi connectivity index (χ1v) is 7.04. The van der Waals surface area contributed by atoms with Crippen LogP contribution in [-0.2, 0) is 4.79 Å². The summed E-state index contributed by atoms with van der Waals surface area (Å²) in [4.78, 5) is 16.7. The van der Waals surface area contributed by atoms with Crippen molar-refractivity contribution in [1.29, 1.82) is 0 Å². The van der Waals surface area contributed by atoms with Crippen LogP contribution in [0.4, 0.5) is 0 Å². The highest BCUT2D eigenvalue weighted by molar-refractivity contribution is 5.82. The molecule has 1 saturated heterocycles. The lowest BCUT2D eigenvalue weighted by atomic mass is 9.83. The van der Waals surface area contributed by atoms with Crippen molar-refractivity contribution in [2.24, 2.45) is 5.41 Å². The number of likely N-dealkylation sites (N-methyl/N-ethyl adjacent to an activating group) is 1. The summed E-state index contributed by atoms with van der Waals surface area (Å²) in [6.07, 6.45) is 3.13. The Labute approximate surface area is 112 Å². The molecule has 1 atom stereocenters. The van der Waals surface area contributed by atoms with Crippen LogP contribution in [0.5, 0.6) is 0 Å². The van der Waals surface area contributed by atoms with E-state index in [1.807, 2.05) is 11.9 Å². The molecule has 4 nitrogen and oxygen atoms in total. The van der Waals surface area contributed by atoms with Gasteiger partial charge in [-0.3, -0.25) is 9.69 Å². The number of likely N-dealkylation sites (tertiary alicyclic amines) is 1. The van der Waals surface area contributed by atoms with Crippen LogP contribution in [0.25, 0.3) is 0 Å². The molecule has 1 aliphatic rings. The molecule has 1 rings (SSSR count). The highest BCUT2D eigenvalue weighted by atomic mass is 16.2. The second-order valence-electron chi connectivity index (χ2n) is 6.28. The molecule has 1 fully saturated rings. The monoisotopic (exact) mass is 255 g/mol. The van der Waals surface area contributed by atoms with Gasteiger partial charge in [0, 0.05) is 6.54 Å². The fraction of sp³-hybridized carbons (Fsp3) is 0.929. The van der Waals surface area contributed by atoms with E-state index in [1.165, 1.54) is 0 Å². The van der Waals surface area contributed by atoms with E-state index in [0.29, 0.717) is 0 Å². The van der Waals surface area contributed by atoms with E-state index < -0.39 is 0 Å². The minimum Gasteiger partial charge on any atom is -0.328 e. The highest BCUT2D eigenvalue weighted by Gasteiger charge is 2.34. The van der Waals surface area contributed by atoms with Gasteiger partial charge in [0.25, 0.3) is 0 Å². The van der Waals surface area contributed by atoms with E-state index >= 15 is 0 Å². The van der Waals surface area contributed by atoms with Gasteiger partial charge in [-0.25, -0.2) is 0 Å². The Morgan fingerprint density at radius 1 is 1.50 bits per heavy atom. The first kappa shape index (κ1) is 15.4. The highest BCUT2D eigenvalue weighted by Crippen LogP contribution is 2.30. The maximum absolute atomic E-state index is 12.4. The van der Waals surface area contributed by atoms with E-state index in [-0.39, 0.29) is 17.4 Å². The van der Waals surface area contributed by atoms with Gasteiger partial charge in [0.15, 0.2) is 0 Å². The zero-order chi connectivity index (χ0) is 13.8. The molecule has 1 amide bonds. The fourth-order valence-electron chi connectivity index (χ4n) is 2.62. The fourth-order valence-corrected chi connectivity index (χ4v) is 2.62. The number of hydrogen-bond donors (Lipinski definition) is 1. The Morgan fingerprint density at radius 2 is 2.17 bits per heavy atom. The summed E-state index contributed by atoms with van der Waals surface area (Å²) in [5.74, 6) is 0.256. The van der Waals surface area contributed by atoms with Crippen molar-refractivity contribution in [2.75, 3.05) is 33.9 Å². The largest absolute Gasteiger partial charge is 0.328 e. The van der Waals surface area contributed by atoms with Gasteiger partial charge >= 0.3 is 0 Å². The first-order chi connectivity index (χ1) is 8.39. The summed E-state index contributed by atoms with van der Waals surface area (Å²) in [6.45, 7) is 9.34. The van der Waals surface area contributed by atoms with Gasteiger partial charge < -0.3 is 10.2 Å². The summed E-state index contributed by atoms with van der Waals surface area (Å²) in [7, 11) is 3.97. The minimum atomic E-state index is -0.0301. The Hall–Kier alpha value is -0.610. The lowest BCUT2D eigenvalue weighted by Crippen LogP contribution is -2.48. The molecule has 0 saturated carbocycles. The third kappa shape index (κ3) is 4.25. The number of amides is 1. The molecular formula is C14H29N3O. The zero-order valence-electron chi connectivity index (χ0n) is 12.6. The summed E-state index contributed by atoms with van der Waals surface area (Å²) in [5, 5.41) is 3.17. The molecule has 1 unspecified atom stereocenters. The molecular weight excluding hydrogens is 226 g/mol. The molecule has 0 radical (unpaired) electrons. The van der Waals surface area contributed by atoms with Crippen molar-refractivity contribution in [3.8, 4) is 0 Å². The second-order valence-corrected chi connectivity index (χ2v) is 6.28. The van der Waals surface area contributed by atoms with Gasteiger partial charge in [0.1, 0.15) is 0 Å². The topological polar surface area (TPSA) is 35.6 Å². The van der Waals surface area contributed by atoms with Gasteiger partial charge in [-0.05, 0) is 45.3 Å². The van der Waals surface area contributed by atoms with Crippen LogP contribution in [0.15, 0.2) is 0 Å². The van der Waals surface area contributed by atoms with E-state index in [2.05, 4.69) is 38.0 Å². The van der Waals surface area contributed by atoms with Gasteiger partial charge in [0.2, 0.25) is 5.91 Å². The average Bonchev–Trinajstić information content (AvgIpc) is 2.40. The van der Waals surface area contributed by atoms with Crippen LogP contribution in [0, 0.1) is 5.41 Å². The Kier molecular flexibility index (Phi) is 5.60. The van der Waals surface area contributed by atoms with Gasteiger partial charge in [-0.2, -0.15) is 0 Å². The molecule has 1 aliphatic heterocycles. The Morgan fingerprint density at radius 3 is 2.72 bits per heavy atom. The molecule has 106 valence electrons. The second kappa shape index (κ2) is 6.53. The molecule has 0 spiro atoms. The predicted molar refractivity (Wildman–Crippen MR) is 75.4 cm³/mol. The van der Waals surface area contributed by atoms with Crippen LogP contribution in [0.2, 0.25) is 0 Å². The van der Waals surface area contributed by atoms with Gasteiger partial charge in [0.05, 0.1) is 12.7 Å². The van der Waals surface area contributed by atoms with Gasteiger partial charge in [-0.1, -0.05) is 20.8 Å². The lowest BCUT2D eigenvalue weighted by Gasteiger charge is -2.28. The van der Waals surface area contributed by atoms with E-state index in [9.17, 15) is 4.79 Å². The summed E-state index contributed by atoms with van der Waals surface area (Å²) >= 11 is 0. The number of hydrogen-bond acceptors (Lipinski definition) is 3. The van der Waals surface area contributed by atoms with Crippen molar-refractivity contribution in [1.82, 2.24) is 15.1 Å². The summed E-state index contributed by atoms with van der Waals surface area (Å²) in [6, 6.07) is -0.0301. The van der Waals surface area contributed by atoms with E-state index in [0.717, 1.165) is 39.0 Å². The predicted octanol–water partition coefficient (Wildman–Crippen LogP) is 1.52. The van der Waals surface area contributed by atoms with Crippen LogP contribution >= 0.6 is 0 Å². The van der Waals surface area contributed by atoms with Crippen LogP contribution in [-0.4, -0.2) is 55.6 Å². The standard InChI is InChI=1S/C14H29N3O/c1-6-8-16(5)11-17-9-7-14(2,3)10-12(15-4)13(17)18/h12,15H,6-11H2,1-5H3. The molecule has 18 heavy (non-hydrogen) atoms. The van der Waals surface area contributed by atoms with Crippen molar-refractivity contribution in [3.63, 3.8) is 0 Å². The number of rotatable bonds is 5. The molecule has 0 bridgehead atoms. The summed E-state index contributed by atoms with van der Waals surface area (Å²) in [5.41, 5.74) is 0.238. The molecule has 0 aromatic heterocycles. The molecule has 0 aromatic carbocycles. The van der Waals surface area contributed by atoms with Crippen molar-refractivity contribution < 1.29 is 4.79 Å². The SMILES string of the molecule is CCCN(C)CN1CCC(C)(C)CC(NC)C1=O. The van der Waals surface area contributed by atoms with E-state index in [1.54, 1.807) is 0 Å². The smallest absolute Gasteiger partial charge is 0.240 e. The summed E-state index contributed by atoms with van der Waals surface area (Å²) < 4.78 is 0. The maximum Gasteiger partial charge on any atom is 0.240 e. The number of carbonyl (C=O) groups excluding carboxylic acids is 1. The third-order valence-corrected chi connectivity index (χ3v) is 3.79. The quantitative estimate of drug-likeness (QED) is 0.809. The van der Waals surface area contributed by atoms with Crippen molar-refractivity contribution in [2.45, 2.75) is 46.1 Å². The molecule has 0 aliphatic carbocycles. The van der Waals surface area contributed by atoms with Crippen LogP contribution in [0.1, 0.15) is 40.0 Å². The number of nitrogens with one attached hydrogen (secondary N) is 1.